The molecule has 0 aliphatic carbocycles. The van der Waals surface area contributed by atoms with Gasteiger partial charge < -0.3 is 15.0 Å². The summed E-state index contributed by atoms with van der Waals surface area (Å²) in [7, 11) is 1.61. The fourth-order valence-electron chi connectivity index (χ4n) is 4.56. The van der Waals surface area contributed by atoms with Gasteiger partial charge in [-0.2, -0.15) is 5.26 Å². The lowest BCUT2D eigenvalue weighted by Crippen LogP contribution is -2.50. The molecule has 36 heavy (non-hydrogen) atoms. The number of hydrogen-bond donors (Lipinski definition) is 1. The molecule has 1 N–H and O–H groups in total. The van der Waals surface area contributed by atoms with Gasteiger partial charge in [0, 0.05) is 37.6 Å². The molecule has 0 bridgehead atoms. The molecule has 2 heterocycles. The molecule has 186 valence electrons. The van der Waals surface area contributed by atoms with E-state index in [4.69, 9.17) is 4.74 Å². The third kappa shape index (κ3) is 5.42. The quantitative estimate of drug-likeness (QED) is 0.555. The van der Waals surface area contributed by atoms with E-state index < -0.39 is 0 Å². The summed E-state index contributed by atoms with van der Waals surface area (Å²) in [5, 5.41) is 12.7. The maximum absolute atomic E-state index is 13.0. The van der Waals surface area contributed by atoms with Crippen LogP contribution in [0.15, 0.2) is 54.6 Å². The molecule has 1 aromatic heterocycles. The Morgan fingerprint density at radius 2 is 1.75 bits per heavy atom. The third-order valence-electron chi connectivity index (χ3n) is 6.68. The fourth-order valence-corrected chi connectivity index (χ4v) is 4.56. The Morgan fingerprint density at radius 1 is 1.03 bits per heavy atom. The minimum atomic E-state index is -0.183. The van der Waals surface area contributed by atoms with Gasteiger partial charge in [0.05, 0.1) is 25.6 Å². The topological polar surface area (TPSA) is 90.6 Å². The highest BCUT2D eigenvalue weighted by Crippen LogP contribution is 2.30. The molecule has 1 fully saturated rings. The standard InChI is InChI=1S/C28H31N5O3/c1-20-21(2)33(23-9-5-4-6-10-23)28(25(20)18-29)30-26(34)19-31-12-14-32(15-13-31)27(35)17-22-8-7-11-24(16-22)36-3/h4-11,16H,12-15,17,19H2,1-3H3,(H,30,34). The summed E-state index contributed by atoms with van der Waals surface area (Å²) in [4.78, 5) is 29.6. The highest BCUT2D eigenvalue weighted by molar-refractivity contribution is 5.93. The number of rotatable bonds is 7. The lowest BCUT2D eigenvalue weighted by atomic mass is 10.1. The number of benzene rings is 2. The number of carbonyl (C=O) groups is 2. The first kappa shape index (κ1) is 25.0. The van der Waals surface area contributed by atoms with E-state index in [2.05, 4.69) is 11.4 Å². The van der Waals surface area contributed by atoms with Gasteiger partial charge >= 0.3 is 0 Å². The van der Waals surface area contributed by atoms with Gasteiger partial charge in [-0.3, -0.25) is 19.1 Å². The number of aromatic nitrogens is 1. The van der Waals surface area contributed by atoms with Crippen molar-refractivity contribution in [2.75, 3.05) is 45.2 Å². The van der Waals surface area contributed by atoms with Crippen molar-refractivity contribution in [3.05, 3.63) is 77.0 Å². The maximum Gasteiger partial charge on any atom is 0.239 e. The van der Waals surface area contributed by atoms with Crippen LogP contribution in [-0.2, 0) is 16.0 Å². The Kier molecular flexibility index (Phi) is 7.71. The van der Waals surface area contributed by atoms with Crippen LogP contribution in [0, 0.1) is 25.2 Å². The molecule has 0 saturated carbocycles. The van der Waals surface area contributed by atoms with Crippen molar-refractivity contribution in [2.45, 2.75) is 20.3 Å². The van der Waals surface area contributed by atoms with Gasteiger partial charge in [-0.1, -0.05) is 30.3 Å². The number of piperazine rings is 1. The SMILES string of the molecule is COc1cccc(CC(=O)N2CCN(CC(=O)Nc3c(C#N)c(C)c(C)n3-c3ccccc3)CC2)c1. The number of nitrogens with zero attached hydrogens (tertiary/aromatic N) is 4. The normalized spacial score (nSPS) is 13.8. The Morgan fingerprint density at radius 3 is 2.42 bits per heavy atom. The first-order valence-corrected chi connectivity index (χ1v) is 12.0. The van der Waals surface area contributed by atoms with Crippen molar-refractivity contribution in [1.29, 1.82) is 5.26 Å². The fraction of sp³-hybridized carbons (Fsp3) is 0.321. The van der Waals surface area contributed by atoms with Crippen molar-refractivity contribution in [3.63, 3.8) is 0 Å². The molecule has 0 spiro atoms. The molecule has 8 nitrogen and oxygen atoms in total. The van der Waals surface area contributed by atoms with Gasteiger partial charge in [0.2, 0.25) is 11.8 Å². The zero-order chi connectivity index (χ0) is 25.7. The van der Waals surface area contributed by atoms with E-state index in [1.54, 1.807) is 7.11 Å². The molecule has 1 saturated heterocycles. The first-order valence-electron chi connectivity index (χ1n) is 12.0. The Bertz CT molecular complexity index is 1280. The summed E-state index contributed by atoms with van der Waals surface area (Å²) < 4.78 is 7.16. The zero-order valence-electron chi connectivity index (χ0n) is 21.0. The average molecular weight is 486 g/mol. The molecule has 3 aromatic rings. The van der Waals surface area contributed by atoms with Crippen LogP contribution in [0.2, 0.25) is 0 Å². The second-order valence-electron chi connectivity index (χ2n) is 8.95. The van der Waals surface area contributed by atoms with Crippen LogP contribution in [0.5, 0.6) is 5.75 Å². The molecule has 2 amide bonds. The molecular weight excluding hydrogens is 454 g/mol. The monoisotopic (exact) mass is 485 g/mol. The van der Waals surface area contributed by atoms with E-state index in [1.165, 1.54) is 0 Å². The van der Waals surface area contributed by atoms with Gasteiger partial charge in [-0.15, -0.1) is 0 Å². The highest BCUT2D eigenvalue weighted by Gasteiger charge is 2.25. The summed E-state index contributed by atoms with van der Waals surface area (Å²) in [5.74, 6) is 1.12. The van der Waals surface area contributed by atoms with Crippen molar-refractivity contribution in [2.24, 2.45) is 0 Å². The van der Waals surface area contributed by atoms with E-state index in [0.29, 0.717) is 44.0 Å². The number of hydrogen-bond acceptors (Lipinski definition) is 5. The van der Waals surface area contributed by atoms with Crippen LogP contribution >= 0.6 is 0 Å². The Hall–Kier alpha value is -4.09. The largest absolute Gasteiger partial charge is 0.497 e. The predicted molar refractivity (Wildman–Crippen MR) is 138 cm³/mol. The lowest BCUT2D eigenvalue weighted by molar-refractivity contribution is -0.132. The number of anilines is 1. The van der Waals surface area contributed by atoms with E-state index in [9.17, 15) is 14.9 Å². The van der Waals surface area contributed by atoms with Crippen LogP contribution in [-0.4, -0.2) is 66.0 Å². The second kappa shape index (κ2) is 11.1. The molecule has 2 aromatic carbocycles. The Balaban J connectivity index is 1.37. The van der Waals surface area contributed by atoms with E-state index in [-0.39, 0.29) is 18.4 Å². The molecule has 1 aliphatic rings. The number of methoxy groups -OCH3 is 1. The van der Waals surface area contributed by atoms with E-state index >= 15 is 0 Å². The van der Waals surface area contributed by atoms with E-state index in [0.717, 1.165) is 28.3 Å². The third-order valence-corrected chi connectivity index (χ3v) is 6.68. The number of nitriles is 1. The number of nitrogens with one attached hydrogen (secondary N) is 1. The second-order valence-corrected chi connectivity index (χ2v) is 8.95. The van der Waals surface area contributed by atoms with Crippen LogP contribution in [0.3, 0.4) is 0 Å². The van der Waals surface area contributed by atoms with Crippen molar-refractivity contribution < 1.29 is 14.3 Å². The van der Waals surface area contributed by atoms with Gasteiger partial charge in [-0.25, -0.2) is 0 Å². The van der Waals surface area contributed by atoms with Gasteiger partial charge in [0.25, 0.3) is 0 Å². The van der Waals surface area contributed by atoms with E-state index in [1.807, 2.05) is 82.8 Å². The molecule has 0 atom stereocenters. The smallest absolute Gasteiger partial charge is 0.239 e. The molecule has 8 heteroatoms. The van der Waals surface area contributed by atoms with Gasteiger partial charge in [0.1, 0.15) is 17.6 Å². The van der Waals surface area contributed by atoms with Crippen LogP contribution in [0.4, 0.5) is 5.82 Å². The van der Waals surface area contributed by atoms with Crippen LogP contribution in [0.1, 0.15) is 22.4 Å². The molecule has 0 unspecified atom stereocenters. The number of amides is 2. The highest BCUT2D eigenvalue weighted by atomic mass is 16.5. The predicted octanol–water partition coefficient (Wildman–Crippen LogP) is 3.30. The molecule has 0 radical (unpaired) electrons. The summed E-state index contributed by atoms with van der Waals surface area (Å²) in [6.07, 6.45) is 0.323. The Labute approximate surface area is 211 Å². The summed E-state index contributed by atoms with van der Waals surface area (Å²) in [6.45, 7) is 6.39. The number of para-hydroxylation sites is 1. The molecular formula is C28H31N5O3. The van der Waals surface area contributed by atoms with Crippen LogP contribution in [0.25, 0.3) is 5.69 Å². The van der Waals surface area contributed by atoms with Gasteiger partial charge in [-0.05, 0) is 49.2 Å². The summed E-state index contributed by atoms with van der Waals surface area (Å²) in [5.41, 5.74) is 4.04. The summed E-state index contributed by atoms with van der Waals surface area (Å²) in [6, 6.07) is 19.5. The maximum atomic E-state index is 13.0. The molecule has 4 rings (SSSR count). The van der Waals surface area contributed by atoms with Gasteiger partial charge in [0.15, 0.2) is 0 Å². The molecule has 1 aliphatic heterocycles. The van der Waals surface area contributed by atoms with Crippen molar-refractivity contribution >= 4 is 17.6 Å². The minimum absolute atomic E-state index is 0.0673. The number of ether oxygens (including phenoxy) is 1. The zero-order valence-corrected chi connectivity index (χ0v) is 21.0. The van der Waals surface area contributed by atoms with Crippen LogP contribution < -0.4 is 10.1 Å². The summed E-state index contributed by atoms with van der Waals surface area (Å²) >= 11 is 0. The average Bonchev–Trinajstić information content (AvgIpc) is 3.13. The van der Waals surface area contributed by atoms with Crippen molar-refractivity contribution in [3.8, 4) is 17.5 Å². The minimum Gasteiger partial charge on any atom is -0.497 e. The first-order chi connectivity index (χ1) is 17.4. The van der Waals surface area contributed by atoms with Crippen molar-refractivity contribution in [1.82, 2.24) is 14.4 Å². The lowest BCUT2D eigenvalue weighted by Gasteiger charge is -2.34. The number of carbonyl (C=O) groups excluding carboxylic acids is 2.